The van der Waals surface area contributed by atoms with E-state index in [1.54, 1.807) is 54.1 Å². The Hall–Kier alpha value is -3.60. The van der Waals surface area contributed by atoms with E-state index in [0.29, 0.717) is 16.9 Å². The van der Waals surface area contributed by atoms with Crippen LogP contribution in [0, 0.1) is 0 Å². The molecule has 11 heteroatoms. The molecule has 0 fully saturated rings. The second-order valence-electron chi connectivity index (χ2n) is 6.13. The third-order valence-electron chi connectivity index (χ3n) is 3.86. The molecular weight excluding hydrogens is 403 g/mol. The highest BCUT2D eigenvalue weighted by molar-refractivity contribution is 5.90. The van der Waals surface area contributed by atoms with Gasteiger partial charge in [0.25, 0.3) is 0 Å². The van der Waals surface area contributed by atoms with Gasteiger partial charge in [-0.15, -0.1) is 0 Å². The van der Waals surface area contributed by atoms with Gasteiger partial charge in [-0.05, 0) is 24.3 Å². The molecule has 3 N–H and O–H groups in total. The van der Waals surface area contributed by atoms with Crippen LogP contribution in [0.1, 0.15) is 5.56 Å². The first-order valence-corrected chi connectivity index (χ1v) is 8.81. The molecule has 0 spiro atoms. The molecule has 1 aromatic carbocycles. The third-order valence-corrected chi connectivity index (χ3v) is 3.86. The number of urea groups is 1. The molecule has 30 heavy (non-hydrogen) atoms. The summed E-state index contributed by atoms with van der Waals surface area (Å²) in [5.41, 5.74) is 3.16. The van der Waals surface area contributed by atoms with Crippen molar-refractivity contribution < 1.29 is 27.9 Å². The zero-order valence-corrected chi connectivity index (χ0v) is 15.6. The lowest BCUT2D eigenvalue weighted by molar-refractivity contribution is -0.122. The largest absolute Gasteiger partial charge is 0.405 e. The molecule has 3 aromatic rings. The number of oxime groups is 1. The molecule has 3 rings (SSSR count). The first-order valence-electron chi connectivity index (χ1n) is 8.81. The number of imidazole rings is 1. The fourth-order valence-electron chi connectivity index (χ4n) is 2.59. The van der Waals surface area contributed by atoms with Gasteiger partial charge in [0.05, 0.1) is 24.7 Å². The third kappa shape index (κ3) is 5.70. The molecule has 0 aliphatic rings. The van der Waals surface area contributed by atoms with Gasteiger partial charge in [-0.3, -0.25) is 4.40 Å². The summed E-state index contributed by atoms with van der Waals surface area (Å²) < 4.78 is 38.4. The van der Waals surface area contributed by atoms with Crippen LogP contribution in [0.15, 0.2) is 53.9 Å². The number of hydrogen-bond acceptors (Lipinski definition) is 5. The highest BCUT2D eigenvalue weighted by atomic mass is 19.4. The number of halogens is 3. The van der Waals surface area contributed by atoms with E-state index in [1.807, 2.05) is 4.40 Å². The fourth-order valence-corrected chi connectivity index (χ4v) is 2.59. The van der Waals surface area contributed by atoms with E-state index in [9.17, 15) is 18.0 Å². The molecule has 0 atom stereocenters. The van der Waals surface area contributed by atoms with Gasteiger partial charge in [0.1, 0.15) is 18.8 Å². The van der Waals surface area contributed by atoms with Crippen molar-refractivity contribution >= 4 is 23.6 Å². The summed E-state index contributed by atoms with van der Waals surface area (Å²) in [5.74, 6) is 0. The smallest absolute Gasteiger partial charge is 0.393 e. The van der Waals surface area contributed by atoms with Crippen LogP contribution in [0.3, 0.4) is 0 Å². The molecule has 0 unspecified atom stereocenters. The number of amides is 2. The highest BCUT2D eigenvalue weighted by Gasteiger charge is 2.27. The van der Waals surface area contributed by atoms with Crippen LogP contribution in [0.4, 0.5) is 23.7 Å². The maximum atomic E-state index is 12.2. The summed E-state index contributed by atoms with van der Waals surface area (Å²) in [4.78, 5) is 20.8. The average molecular weight is 421 g/mol. The van der Waals surface area contributed by atoms with E-state index >= 15 is 0 Å². The maximum absolute atomic E-state index is 12.2. The van der Waals surface area contributed by atoms with Crippen molar-refractivity contribution in [3.63, 3.8) is 0 Å². The number of nitrogens with zero attached hydrogens (tertiary/aromatic N) is 3. The summed E-state index contributed by atoms with van der Waals surface area (Å²) in [6.07, 6.45) is 0.431. The Morgan fingerprint density at radius 2 is 2.13 bits per heavy atom. The van der Waals surface area contributed by atoms with E-state index in [2.05, 4.69) is 15.5 Å². The predicted molar refractivity (Wildman–Crippen MR) is 104 cm³/mol. The number of aliphatic hydroxyl groups excluding tert-OH is 1. The van der Waals surface area contributed by atoms with E-state index in [-0.39, 0.29) is 13.2 Å². The van der Waals surface area contributed by atoms with Gasteiger partial charge in [0, 0.05) is 23.0 Å². The van der Waals surface area contributed by atoms with Crippen molar-refractivity contribution in [1.29, 1.82) is 0 Å². The van der Waals surface area contributed by atoms with Crippen LogP contribution in [-0.4, -0.2) is 52.7 Å². The van der Waals surface area contributed by atoms with Crippen LogP contribution in [-0.2, 0) is 4.84 Å². The molecule has 0 bridgehead atoms. The maximum Gasteiger partial charge on any atom is 0.405 e. The molecule has 2 aromatic heterocycles. The van der Waals surface area contributed by atoms with Crippen molar-refractivity contribution in [2.24, 2.45) is 5.16 Å². The van der Waals surface area contributed by atoms with E-state index in [1.165, 1.54) is 6.21 Å². The van der Waals surface area contributed by atoms with Crippen LogP contribution < -0.4 is 10.6 Å². The Morgan fingerprint density at radius 1 is 1.30 bits per heavy atom. The number of carbonyl (C=O) groups is 1. The molecule has 0 aliphatic heterocycles. The molecule has 0 radical (unpaired) electrons. The van der Waals surface area contributed by atoms with Crippen molar-refractivity contribution in [1.82, 2.24) is 14.7 Å². The Balaban J connectivity index is 1.75. The van der Waals surface area contributed by atoms with Crippen molar-refractivity contribution in [3.05, 3.63) is 54.4 Å². The number of pyridine rings is 1. The topological polar surface area (TPSA) is 100 Å². The van der Waals surface area contributed by atoms with Gasteiger partial charge < -0.3 is 20.6 Å². The number of anilines is 1. The zero-order valence-electron chi connectivity index (χ0n) is 15.6. The molecule has 8 nitrogen and oxygen atoms in total. The minimum Gasteiger partial charge on any atom is -0.393 e. The van der Waals surface area contributed by atoms with E-state index in [4.69, 9.17) is 9.94 Å². The quantitative estimate of drug-likeness (QED) is 0.310. The molecule has 2 amide bonds. The molecular formula is C19H18F3N5O3. The number of aromatic nitrogens is 2. The number of nitrogens with one attached hydrogen (secondary N) is 2. The molecule has 0 saturated heterocycles. The van der Waals surface area contributed by atoms with Gasteiger partial charge >= 0.3 is 12.2 Å². The lowest BCUT2D eigenvalue weighted by Gasteiger charge is -2.10. The highest BCUT2D eigenvalue weighted by Crippen LogP contribution is 2.24. The van der Waals surface area contributed by atoms with Crippen LogP contribution in [0.25, 0.3) is 16.9 Å². The summed E-state index contributed by atoms with van der Waals surface area (Å²) in [6, 6.07) is 9.29. The Morgan fingerprint density at radius 3 is 2.90 bits per heavy atom. The second kappa shape index (κ2) is 9.27. The second-order valence-corrected chi connectivity index (χ2v) is 6.13. The summed E-state index contributed by atoms with van der Waals surface area (Å²) in [7, 11) is 0. The first-order chi connectivity index (χ1) is 14.4. The van der Waals surface area contributed by atoms with Crippen molar-refractivity contribution in [3.8, 4) is 11.3 Å². The monoisotopic (exact) mass is 421 g/mol. The molecule has 0 saturated carbocycles. The van der Waals surface area contributed by atoms with E-state index < -0.39 is 18.8 Å². The van der Waals surface area contributed by atoms with Gasteiger partial charge in [-0.1, -0.05) is 17.3 Å². The summed E-state index contributed by atoms with van der Waals surface area (Å²) >= 11 is 0. The Labute approximate surface area is 169 Å². The van der Waals surface area contributed by atoms with Gasteiger partial charge in [-0.2, -0.15) is 13.2 Å². The normalized spacial score (nSPS) is 11.7. The summed E-state index contributed by atoms with van der Waals surface area (Å²) in [5, 5.41) is 16.5. The first kappa shape index (κ1) is 21.1. The van der Waals surface area contributed by atoms with Crippen LogP contribution in [0.5, 0.6) is 0 Å². The number of benzene rings is 1. The zero-order chi connectivity index (χ0) is 21.6. The minimum atomic E-state index is -4.48. The SMILES string of the molecule is O=C(NCC(F)(F)F)Nc1cccc(-c2cnc3cc(C=NOCCO)ccn23)c1. The van der Waals surface area contributed by atoms with Gasteiger partial charge in [-0.25, -0.2) is 9.78 Å². The van der Waals surface area contributed by atoms with Crippen LogP contribution >= 0.6 is 0 Å². The van der Waals surface area contributed by atoms with E-state index in [0.717, 1.165) is 11.3 Å². The Kier molecular flexibility index (Phi) is 6.52. The lowest BCUT2D eigenvalue weighted by atomic mass is 10.1. The van der Waals surface area contributed by atoms with Gasteiger partial charge in [0.2, 0.25) is 0 Å². The van der Waals surface area contributed by atoms with Gasteiger partial charge in [0.15, 0.2) is 0 Å². The molecule has 158 valence electrons. The number of aliphatic hydroxyl groups is 1. The lowest BCUT2D eigenvalue weighted by Crippen LogP contribution is -2.36. The van der Waals surface area contributed by atoms with Crippen LogP contribution in [0.2, 0.25) is 0 Å². The minimum absolute atomic E-state index is 0.102. The fraction of sp³-hybridized carbons (Fsp3) is 0.211. The number of carbonyl (C=O) groups excluding carboxylic acids is 1. The number of rotatable bonds is 7. The molecule has 2 heterocycles. The van der Waals surface area contributed by atoms with Crippen molar-refractivity contribution in [2.75, 3.05) is 25.1 Å². The number of fused-ring (bicyclic) bond motifs is 1. The standard InChI is InChI=1S/C19H18F3N5O3/c20-19(21,22)12-24-18(29)26-15-3-1-2-14(9-15)16-11-23-17-8-13(4-5-27(16)17)10-25-30-7-6-28/h1-5,8-11,28H,6-7,12H2,(H2,24,26,29). The van der Waals surface area contributed by atoms with Crippen molar-refractivity contribution in [2.45, 2.75) is 6.18 Å². The predicted octanol–water partition coefficient (Wildman–Crippen LogP) is 3.03. The number of alkyl halides is 3. The molecule has 0 aliphatic carbocycles. The summed E-state index contributed by atoms with van der Waals surface area (Å²) in [6.45, 7) is -1.44. The number of hydrogen-bond donors (Lipinski definition) is 3. The Bertz CT molecular complexity index is 1050. The average Bonchev–Trinajstić information content (AvgIpc) is 3.13.